The second-order valence-electron chi connectivity index (χ2n) is 5.84. The molecule has 0 radical (unpaired) electrons. The van der Waals surface area contributed by atoms with Gasteiger partial charge >= 0.3 is 11.7 Å². The Morgan fingerprint density at radius 1 is 1.15 bits per heavy atom. The lowest BCUT2D eigenvalue weighted by Gasteiger charge is -2.07. The van der Waals surface area contributed by atoms with E-state index in [1.165, 1.54) is 21.4 Å². The van der Waals surface area contributed by atoms with Crippen molar-refractivity contribution in [2.75, 3.05) is 6.54 Å². The minimum atomic E-state index is -0.381. The van der Waals surface area contributed by atoms with Crippen LogP contribution in [0.2, 0.25) is 0 Å². The Kier molecular flexibility index (Phi) is 5.60. The standard InChI is InChI=1S/C18H19FN6O2/c1-24-16(15-4-2-3-9-20-15)23-25(18(24)27)11-10-21-17(26)22-12-13-5-7-14(19)8-6-13/h2-9H,10-12H2,1H3,(H2,21,22,26). The number of benzene rings is 1. The summed E-state index contributed by atoms with van der Waals surface area (Å²) in [6, 6.07) is 10.9. The van der Waals surface area contributed by atoms with E-state index in [4.69, 9.17) is 0 Å². The molecule has 2 N–H and O–H groups in total. The van der Waals surface area contributed by atoms with E-state index in [0.29, 0.717) is 11.5 Å². The molecule has 0 bridgehead atoms. The second-order valence-corrected chi connectivity index (χ2v) is 5.84. The number of nitrogens with one attached hydrogen (secondary N) is 2. The number of carbonyl (C=O) groups is 1. The maximum Gasteiger partial charge on any atom is 0.346 e. The van der Waals surface area contributed by atoms with Gasteiger partial charge in [-0.25, -0.2) is 18.7 Å². The third-order valence-corrected chi connectivity index (χ3v) is 3.91. The van der Waals surface area contributed by atoms with Gasteiger partial charge in [-0.05, 0) is 29.8 Å². The monoisotopic (exact) mass is 370 g/mol. The summed E-state index contributed by atoms with van der Waals surface area (Å²) in [7, 11) is 1.62. The minimum Gasteiger partial charge on any atom is -0.336 e. The summed E-state index contributed by atoms with van der Waals surface area (Å²) >= 11 is 0. The Hall–Kier alpha value is -3.49. The number of nitrogens with zero attached hydrogens (tertiary/aromatic N) is 4. The molecule has 8 nitrogen and oxygen atoms in total. The maximum absolute atomic E-state index is 12.8. The molecule has 0 aliphatic heterocycles. The third kappa shape index (κ3) is 4.57. The summed E-state index contributed by atoms with van der Waals surface area (Å²) in [5.41, 5.74) is 1.09. The molecule has 3 aromatic rings. The van der Waals surface area contributed by atoms with E-state index in [0.717, 1.165) is 5.56 Å². The van der Waals surface area contributed by atoms with Crippen molar-refractivity contribution in [1.82, 2.24) is 30.0 Å². The molecule has 2 amide bonds. The van der Waals surface area contributed by atoms with Gasteiger partial charge in [-0.1, -0.05) is 18.2 Å². The van der Waals surface area contributed by atoms with Crippen molar-refractivity contribution in [2.24, 2.45) is 7.05 Å². The zero-order valence-electron chi connectivity index (χ0n) is 14.7. The minimum absolute atomic E-state index is 0.226. The van der Waals surface area contributed by atoms with Gasteiger partial charge in [0.2, 0.25) is 0 Å². The fourth-order valence-corrected chi connectivity index (χ4v) is 2.47. The number of hydrogen-bond donors (Lipinski definition) is 2. The quantitative estimate of drug-likeness (QED) is 0.684. The van der Waals surface area contributed by atoms with Crippen molar-refractivity contribution in [3.63, 3.8) is 0 Å². The highest BCUT2D eigenvalue weighted by atomic mass is 19.1. The normalized spacial score (nSPS) is 10.6. The van der Waals surface area contributed by atoms with Gasteiger partial charge in [0.25, 0.3) is 0 Å². The van der Waals surface area contributed by atoms with E-state index in [1.807, 2.05) is 6.07 Å². The number of amides is 2. The van der Waals surface area contributed by atoms with E-state index < -0.39 is 0 Å². The SMILES string of the molecule is Cn1c(-c2ccccn2)nn(CCNC(=O)NCc2ccc(F)cc2)c1=O. The summed E-state index contributed by atoms with van der Waals surface area (Å²) in [5.74, 6) is 0.135. The Morgan fingerprint density at radius 3 is 2.63 bits per heavy atom. The molecule has 2 heterocycles. The number of carbonyl (C=O) groups excluding carboxylic acids is 1. The van der Waals surface area contributed by atoms with Crippen LogP contribution in [0.3, 0.4) is 0 Å². The molecular formula is C18H19FN6O2. The van der Waals surface area contributed by atoms with Crippen LogP contribution in [0, 0.1) is 5.82 Å². The van der Waals surface area contributed by atoms with Crippen LogP contribution in [0.4, 0.5) is 9.18 Å². The van der Waals surface area contributed by atoms with Crippen molar-refractivity contribution in [3.05, 3.63) is 70.5 Å². The molecule has 2 aromatic heterocycles. The Labute approximate surface area is 154 Å². The first kappa shape index (κ1) is 18.3. The molecule has 0 unspecified atom stereocenters. The lowest BCUT2D eigenvalue weighted by molar-refractivity contribution is 0.240. The highest BCUT2D eigenvalue weighted by Crippen LogP contribution is 2.10. The van der Waals surface area contributed by atoms with Crippen molar-refractivity contribution < 1.29 is 9.18 Å². The molecule has 27 heavy (non-hydrogen) atoms. The average Bonchev–Trinajstić information content (AvgIpc) is 2.97. The fraction of sp³-hybridized carbons (Fsp3) is 0.222. The lowest BCUT2D eigenvalue weighted by atomic mass is 10.2. The van der Waals surface area contributed by atoms with Gasteiger partial charge < -0.3 is 10.6 Å². The zero-order chi connectivity index (χ0) is 19.2. The largest absolute Gasteiger partial charge is 0.346 e. The maximum atomic E-state index is 12.8. The van der Waals surface area contributed by atoms with E-state index >= 15 is 0 Å². The summed E-state index contributed by atoms with van der Waals surface area (Å²) in [6.45, 7) is 0.733. The van der Waals surface area contributed by atoms with Crippen LogP contribution in [0.5, 0.6) is 0 Å². The van der Waals surface area contributed by atoms with Crippen LogP contribution in [0.1, 0.15) is 5.56 Å². The first-order chi connectivity index (χ1) is 13.0. The van der Waals surface area contributed by atoms with E-state index in [-0.39, 0.29) is 37.2 Å². The molecule has 0 saturated heterocycles. The molecule has 9 heteroatoms. The number of rotatable bonds is 6. The third-order valence-electron chi connectivity index (χ3n) is 3.91. The highest BCUT2D eigenvalue weighted by molar-refractivity contribution is 5.73. The molecular weight excluding hydrogens is 351 g/mol. The predicted molar refractivity (Wildman–Crippen MR) is 97.3 cm³/mol. The molecule has 140 valence electrons. The molecule has 1 aromatic carbocycles. The number of halogens is 1. The van der Waals surface area contributed by atoms with E-state index in [9.17, 15) is 14.0 Å². The van der Waals surface area contributed by atoms with Gasteiger partial charge in [0.05, 0.1) is 6.54 Å². The van der Waals surface area contributed by atoms with Gasteiger partial charge in [0.15, 0.2) is 5.82 Å². The first-order valence-electron chi connectivity index (χ1n) is 8.36. The zero-order valence-corrected chi connectivity index (χ0v) is 14.7. The van der Waals surface area contributed by atoms with Gasteiger partial charge in [0, 0.05) is 26.3 Å². The second kappa shape index (κ2) is 8.26. The summed E-state index contributed by atoms with van der Waals surface area (Å²) < 4.78 is 15.5. The summed E-state index contributed by atoms with van der Waals surface area (Å²) in [5, 5.41) is 9.60. The molecule has 0 spiro atoms. The number of urea groups is 1. The van der Waals surface area contributed by atoms with Crippen LogP contribution >= 0.6 is 0 Å². The van der Waals surface area contributed by atoms with Crippen LogP contribution in [-0.2, 0) is 20.1 Å². The fourth-order valence-electron chi connectivity index (χ4n) is 2.47. The van der Waals surface area contributed by atoms with E-state index in [1.54, 1.807) is 37.5 Å². The topological polar surface area (TPSA) is 93.8 Å². The first-order valence-corrected chi connectivity index (χ1v) is 8.36. The summed E-state index contributed by atoms with van der Waals surface area (Å²) in [4.78, 5) is 28.3. The van der Waals surface area contributed by atoms with Crippen molar-refractivity contribution >= 4 is 6.03 Å². The molecule has 0 aliphatic carbocycles. The van der Waals surface area contributed by atoms with Crippen molar-refractivity contribution in [1.29, 1.82) is 0 Å². The van der Waals surface area contributed by atoms with Crippen LogP contribution < -0.4 is 16.3 Å². The Bertz CT molecular complexity index is 966. The lowest BCUT2D eigenvalue weighted by Crippen LogP contribution is -2.38. The van der Waals surface area contributed by atoms with Crippen molar-refractivity contribution in [3.8, 4) is 11.5 Å². The number of hydrogen-bond acceptors (Lipinski definition) is 4. The number of pyridine rings is 1. The Morgan fingerprint density at radius 2 is 1.93 bits per heavy atom. The summed E-state index contributed by atoms with van der Waals surface area (Å²) in [6.07, 6.45) is 1.63. The van der Waals surface area contributed by atoms with Gasteiger partial charge in [0.1, 0.15) is 11.5 Å². The van der Waals surface area contributed by atoms with Crippen LogP contribution in [0.15, 0.2) is 53.5 Å². The molecule has 0 atom stereocenters. The highest BCUT2D eigenvalue weighted by Gasteiger charge is 2.12. The predicted octanol–water partition coefficient (Wildman–Crippen LogP) is 1.28. The van der Waals surface area contributed by atoms with Crippen LogP contribution in [-0.4, -0.2) is 31.9 Å². The molecule has 3 rings (SSSR count). The van der Waals surface area contributed by atoms with E-state index in [2.05, 4.69) is 20.7 Å². The number of aromatic nitrogens is 4. The smallest absolute Gasteiger partial charge is 0.336 e. The van der Waals surface area contributed by atoms with Gasteiger partial charge in [-0.3, -0.25) is 9.55 Å². The van der Waals surface area contributed by atoms with Gasteiger partial charge in [-0.15, -0.1) is 5.10 Å². The van der Waals surface area contributed by atoms with Crippen LogP contribution in [0.25, 0.3) is 11.5 Å². The molecule has 0 saturated carbocycles. The average molecular weight is 370 g/mol. The molecule has 0 fully saturated rings. The van der Waals surface area contributed by atoms with Crippen molar-refractivity contribution in [2.45, 2.75) is 13.1 Å². The van der Waals surface area contributed by atoms with Gasteiger partial charge in [-0.2, -0.15) is 0 Å². The Balaban J connectivity index is 1.52. The molecule has 0 aliphatic rings.